The minimum Gasteiger partial charge on any atom is -0.317 e. The smallest absolute Gasteiger partial charge is 0.317 e. The molecule has 2 aliphatic heterocycles. The van der Waals surface area contributed by atoms with Crippen LogP contribution >= 0.6 is 0 Å². The zero-order valence-electron chi connectivity index (χ0n) is 11.6. The summed E-state index contributed by atoms with van der Waals surface area (Å²) in [5.41, 5.74) is -0.346. The standard InChI is InChI=1S/C12H20N4O3S/c1-20(18,19)14-11-6-12(7-11,8-11)16-5-9-4-13-2-3-15(9)10(16)17/h9,13-14H,2-8H2,1H3. The Labute approximate surface area is 118 Å². The highest BCUT2D eigenvalue weighted by molar-refractivity contribution is 7.88. The molecule has 3 aliphatic carbocycles. The Balaban J connectivity index is 1.46. The van der Waals surface area contributed by atoms with Gasteiger partial charge in [0.2, 0.25) is 10.0 Å². The minimum atomic E-state index is -3.16. The van der Waals surface area contributed by atoms with Crippen LogP contribution in [0.2, 0.25) is 0 Å². The van der Waals surface area contributed by atoms with E-state index in [4.69, 9.17) is 0 Å². The number of hydrogen-bond acceptors (Lipinski definition) is 4. The van der Waals surface area contributed by atoms with E-state index < -0.39 is 10.0 Å². The third kappa shape index (κ3) is 1.64. The van der Waals surface area contributed by atoms with E-state index in [1.54, 1.807) is 0 Å². The van der Waals surface area contributed by atoms with Crippen LogP contribution in [0.3, 0.4) is 0 Å². The molecule has 2 saturated heterocycles. The molecule has 1 unspecified atom stereocenters. The first-order valence-corrected chi connectivity index (χ1v) is 9.00. The van der Waals surface area contributed by atoms with Gasteiger partial charge in [-0.25, -0.2) is 17.9 Å². The monoisotopic (exact) mass is 300 g/mol. The molecule has 3 saturated carbocycles. The highest BCUT2D eigenvalue weighted by Gasteiger charge is 2.73. The fourth-order valence-electron chi connectivity index (χ4n) is 4.54. The SMILES string of the molecule is CS(=O)(=O)NC12CC(N3CC4CNCCN4C3=O)(C1)C2. The first-order chi connectivity index (χ1) is 9.33. The number of nitrogens with one attached hydrogen (secondary N) is 2. The second-order valence-corrected chi connectivity index (χ2v) is 8.60. The third-order valence-corrected chi connectivity index (χ3v) is 6.00. The lowest BCUT2D eigenvalue weighted by Gasteiger charge is -2.72. The van der Waals surface area contributed by atoms with Gasteiger partial charge in [-0.3, -0.25) is 0 Å². The van der Waals surface area contributed by atoms with E-state index in [2.05, 4.69) is 10.0 Å². The molecule has 7 nitrogen and oxygen atoms in total. The molecular formula is C12H20N4O3S. The fourth-order valence-corrected chi connectivity index (χ4v) is 5.54. The molecule has 5 rings (SSSR count). The van der Waals surface area contributed by atoms with Gasteiger partial charge in [0.1, 0.15) is 0 Å². The van der Waals surface area contributed by atoms with Crippen LogP contribution in [0.15, 0.2) is 0 Å². The first-order valence-electron chi connectivity index (χ1n) is 7.11. The van der Waals surface area contributed by atoms with Gasteiger partial charge in [0, 0.05) is 31.7 Å². The number of piperazine rings is 1. The van der Waals surface area contributed by atoms with Crippen molar-refractivity contribution in [1.29, 1.82) is 0 Å². The van der Waals surface area contributed by atoms with Gasteiger partial charge in [-0.2, -0.15) is 0 Å². The number of amides is 2. The van der Waals surface area contributed by atoms with Crippen LogP contribution in [0.1, 0.15) is 19.3 Å². The number of sulfonamides is 1. The lowest BCUT2D eigenvalue weighted by atomic mass is 9.44. The summed E-state index contributed by atoms with van der Waals surface area (Å²) in [4.78, 5) is 16.4. The molecule has 1 atom stereocenters. The number of hydrogen-bond donors (Lipinski definition) is 2. The van der Waals surface area contributed by atoms with Gasteiger partial charge in [0.15, 0.2) is 0 Å². The predicted octanol–water partition coefficient (Wildman–Crippen LogP) is -1.08. The van der Waals surface area contributed by atoms with E-state index in [-0.39, 0.29) is 23.2 Å². The Morgan fingerprint density at radius 1 is 1.35 bits per heavy atom. The van der Waals surface area contributed by atoms with Gasteiger partial charge >= 0.3 is 6.03 Å². The molecule has 112 valence electrons. The van der Waals surface area contributed by atoms with E-state index in [0.29, 0.717) is 0 Å². The lowest BCUT2D eigenvalue weighted by molar-refractivity contribution is -0.145. The number of rotatable bonds is 3. The van der Waals surface area contributed by atoms with Gasteiger partial charge in [-0.15, -0.1) is 0 Å². The van der Waals surface area contributed by atoms with Crippen LogP contribution < -0.4 is 10.0 Å². The molecule has 20 heavy (non-hydrogen) atoms. The maximum Gasteiger partial charge on any atom is 0.320 e. The second kappa shape index (κ2) is 3.66. The maximum atomic E-state index is 12.5. The zero-order valence-corrected chi connectivity index (χ0v) is 12.4. The summed E-state index contributed by atoms with van der Waals surface area (Å²) in [6.45, 7) is 3.29. The molecule has 0 aromatic carbocycles. The average Bonchev–Trinajstić information content (AvgIpc) is 2.59. The van der Waals surface area contributed by atoms with Crippen LogP contribution in [-0.2, 0) is 10.0 Å². The Hall–Kier alpha value is -0.860. The molecule has 5 fully saturated rings. The summed E-state index contributed by atoms with van der Waals surface area (Å²) in [6, 6.07) is 0.424. The molecule has 8 heteroatoms. The zero-order chi connectivity index (χ0) is 14.2. The van der Waals surface area contributed by atoms with Crippen LogP contribution in [0.4, 0.5) is 4.79 Å². The van der Waals surface area contributed by atoms with Crippen molar-refractivity contribution in [1.82, 2.24) is 19.8 Å². The molecule has 0 radical (unpaired) electrons. The van der Waals surface area contributed by atoms with Gasteiger partial charge in [0.05, 0.1) is 17.8 Å². The molecule has 2 N–H and O–H groups in total. The Morgan fingerprint density at radius 2 is 2.05 bits per heavy atom. The van der Waals surface area contributed by atoms with Gasteiger partial charge < -0.3 is 15.1 Å². The van der Waals surface area contributed by atoms with Crippen molar-refractivity contribution in [3.05, 3.63) is 0 Å². The van der Waals surface area contributed by atoms with Crippen molar-refractivity contribution < 1.29 is 13.2 Å². The minimum absolute atomic E-state index is 0.0773. The van der Waals surface area contributed by atoms with Crippen molar-refractivity contribution in [2.24, 2.45) is 0 Å². The molecule has 0 spiro atoms. The summed E-state index contributed by atoms with van der Waals surface area (Å²) < 4.78 is 25.4. The van der Waals surface area contributed by atoms with Gasteiger partial charge in [-0.05, 0) is 19.3 Å². The summed E-state index contributed by atoms with van der Waals surface area (Å²) in [5, 5.41) is 3.32. The number of carbonyl (C=O) groups excluding carboxylic acids is 1. The first kappa shape index (κ1) is 12.8. The topological polar surface area (TPSA) is 81.8 Å². The molecule has 0 aromatic heterocycles. The molecule has 2 heterocycles. The van der Waals surface area contributed by atoms with E-state index in [1.807, 2.05) is 9.80 Å². The van der Waals surface area contributed by atoms with Crippen molar-refractivity contribution >= 4 is 16.1 Å². The Kier molecular flexibility index (Phi) is 2.35. The second-order valence-electron chi connectivity index (χ2n) is 6.85. The fraction of sp³-hybridized carbons (Fsp3) is 0.917. The highest BCUT2D eigenvalue weighted by Crippen LogP contribution is 2.64. The maximum absolute atomic E-state index is 12.5. The summed E-state index contributed by atoms with van der Waals surface area (Å²) in [5.74, 6) is 0. The highest BCUT2D eigenvalue weighted by atomic mass is 32.2. The molecule has 2 amide bonds. The van der Waals surface area contributed by atoms with Gasteiger partial charge in [0.25, 0.3) is 0 Å². The summed E-state index contributed by atoms with van der Waals surface area (Å²) >= 11 is 0. The van der Waals surface area contributed by atoms with Crippen molar-refractivity contribution in [3.8, 4) is 0 Å². The van der Waals surface area contributed by atoms with Crippen LogP contribution in [0.25, 0.3) is 0 Å². The molecule has 2 bridgehead atoms. The number of fused-ring (bicyclic) bond motifs is 1. The van der Waals surface area contributed by atoms with Gasteiger partial charge in [-0.1, -0.05) is 0 Å². The van der Waals surface area contributed by atoms with E-state index >= 15 is 0 Å². The van der Waals surface area contributed by atoms with E-state index in [1.165, 1.54) is 6.26 Å². The van der Waals surface area contributed by atoms with Crippen LogP contribution in [0, 0.1) is 0 Å². The molecule has 5 aliphatic rings. The summed E-state index contributed by atoms with van der Waals surface area (Å²) in [7, 11) is -3.16. The largest absolute Gasteiger partial charge is 0.320 e. The number of urea groups is 1. The van der Waals surface area contributed by atoms with Crippen molar-refractivity contribution in [3.63, 3.8) is 0 Å². The number of carbonyl (C=O) groups is 1. The van der Waals surface area contributed by atoms with Crippen molar-refractivity contribution in [2.45, 2.75) is 36.4 Å². The number of nitrogens with zero attached hydrogens (tertiary/aromatic N) is 2. The normalized spacial score (nSPS) is 43.0. The average molecular weight is 300 g/mol. The lowest BCUT2D eigenvalue weighted by Crippen LogP contribution is -2.83. The van der Waals surface area contributed by atoms with Crippen LogP contribution in [-0.4, -0.2) is 73.8 Å². The van der Waals surface area contributed by atoms with Crippen molar-refractivity contribution in [2.75, 3.05) is 32.4 Å². The predicted molar refractivity (Wildman–Crippen MR) is 72.8 cm³/mol. The van der Waals surface area contributed by atoms with Crippen LogP contribution in [0.5, 0.6) is 0 Å². The molecule has 0 aromatic rings. The summed E-state index contributed by atoms with van der Waals surface area (Å²) in [6.07, 6.45) is 3.51. The Morgan fingerprint density at radius 3 is 2.65 bits per heavy atom. The van der Waals surface area contributed by atoms with E-state index in [9.17, 15) is 13.2 Å². The quantitative estimate of drug-likeness (QED) is 0.695. The molecular weight excluding hydrogens is 280 g/mol. The third-order valence-electron chi connectivity index (χ3n) is 5.20. The van der Waals surface area contributed by atoms with E-state index in [0.717, 1.165) is 45.4 Å². The Bertz CT molecular complexity index is 555.